The molecular formula is C37H42N2O2+2. The molecule has 41 heavy (non-hydrogen) atoms. The monoisotopic (exact) mass is 546 g/mol. The number of hydrogen-bond acceptors (Lipinski definition) is 2. The van der Waals surface area contributed by atoms with Crippen LogP contribution in [0.3, 0.4) is 0 Å². The van der Waals surface area contributed by atoms with Crippen LogP contribution in [0.15, 0.2) is 96.6 Å². The SMILES string of the molecule is C[n+]1ccc(/C2=C/c3cc(cc(C(C)(C)C)c3)/C(c3cc[n+](C)cc3)=C\C3=CC4(C(C)(C)C)C=C2C3(C)OO4)cc1. The molecule has 0 N–H and O–H groups in total. The molecule has 2 aromatic heterocycles. The zero-order valence-electron chi connectivity index (χ0n) is 25.9. The second kappa shape index (κ2) is 9.20. The third-order valence-corrected chi connectivity index (χ3v) is 8.92. The van der Waals surface area contributed by atoms with Crippen LogP contribution in [-0.2, 0) is 29.3 Å². The second-order valence-electron chi connectivity index (χ2n) is 14.1. The summed E-state index contributed by atoms with van der Waals surface area (Å²) in [5, 5.41) is 0. The third kappa shape index (κ3) is 4.64. The average Bonchev–Trinajstić information content (AvgIpc) is 2.90. The maximum absolute atomic E-state index is 6.48. The van der Waals surface area contributed by atoms with Gasteiger partial charge in [0.2, 0.25) is 0 Å². The molecule has 4 nitrogen and oxygen atoms in total. The van der Waals surface area contributed by atoms with E-state index >= 15 is 0 Å². The van der Waals surface area contributed by atoms with Gasteiger partial charge in [-0.3, -0.25) is 0 Å². The number of hydrogen-bond donors (Lipinski definition) is 0. The van der Waals surface area contributed by atoms with E-state index in [0.717, 1.165) is 22.3 Å². The summed E-state index contributed by atoms with van der Waals surface area (Å²) in [7, 11) is 4.11. The largest absolute Gasteiger partial charge is 0.220 e. The summed E-state index contributed by atoms with van der Waals surface area (Å²) >= 11 is 0. The normalized spacial score (nSPS) is 26.4. The number of aryl methyl sites for hydroxylation is 2. The van der Waals surface area contributed by atoms with Crippen molar-refractivity contribution in [2.75, 3.05) is 0 Å². The molecule has 4 heterocycles. The molecule has 2 aliphatic heterocycles. The fraction of sp³-hybridized carbons (Fsp3) is 0.351. The summed E-state index contributed by atoms with van der Waals surface area (Å²) in [5.74, 6) is 0. The number of rotatable bonds is 2. The first-order chi connectivity index (χ1) is 19.2. The Balaban J connectivity index is 1.74. The summed E-state index contributed by atoms with van der Waals surface area (Å²) in [6, 6.07) is 15.8. The molecule has 2 aliphatic carbocycles. The first-order valence-corrected chi connectivity index (χ1v) is 14.5. The van der Waals surface area contributed by atoms with Crippen LogP contribution >= 0.6 is 0 Å². The van der Waals surface area contributed by atoms with Gasteiger partial charge in [-0.25, -0.2) is 18.9 Å². The zero-order valence-corrected chi connectivity index (χ0v) is 25.9. The van der Waals surface area contributed by atoms with Crippen LogP contribution in [0.1, 0.15) is 76.3 Å². The van der Waals surface area contributed by atoms with E-state index in [9.17, 15) is 0 Å². The highest BCUT2D eigenvalue weighted by Gasteiger charge is 2.56. The Hall–Kier alpha value is -3.60. The molecule has 0 fully saturated rings. The number of fused-ring (bicyclic) bond motifs is 3. The molecule has 2 atom stereocenters. The van der Waals surface area contributed by atoms with Crippen molar-refractivity contribution in [1.29, 1.82) is 0 Å². The lowest BCUT2D eigenvalue weighted by Gasteiger charge is -2.52. The predicted octanol–water partition coefficient (Wildman–Crippen LogP) is 6.99. The van der Waals surface area contributed by atoms with Gasteiger partial charge in [0.05, 0.1) is 0 Å². The lowest BCUT2D eigenvalue weighted by Crippen LogP contribution is -2.55. The van der Waals surface area contributed by atoms with Crippen molar-refractivity contribution in [3.05, 3.63) is 124 Å². The zero-order chi connectivity index (χ0) is 29.4. The number of nitrogens with zero attached hydrogens (tertiary/aromatic N) is 2. The second-order valence-corrected chi connectivity index (χ2v) is 14.1. The van der Waals surface area contributed by atoms with Crippen molar-refractivity contribution >= 4 is 17.2 Å². The van der Waals surface area contributed by atoms with Gasteiger partial charge in [0.25, 0.3) is 0 Å². The summed E-state index contributed by atoms with van der Waals surface area (Å²) in [6.07, 6.45) is 17.7. The first-order valence-electron chi connectivity index (χ1n) is 14.5. The molecule has 4 heteroatoms. The number of pyridine rings is 2. The molecular weight excluding hydrogens is 504 g/mol. The van der Waals surface area contributed by atoms with Gasteiger partial charge in [-0.15, -0.1) is 0 Å². The van der Waals surface area contributed by atoms with Gasteiger partial charge >= 0.3 is 0 Å². The van der Waals surface area contributed by atoms with Crippen molar-refractivity contribution in [2.24, 2.45) is 19.5 Å². The van der Waals surface area contributed by atoms with E-state index in [1.54, 1.807) is 0 Å². The lowest BCUT2D eigenvalue weighted by atomic mass is 9.64. The molecule has 6 bridgehead atoms. The minimum absolute atomic E-state index is 0.00961. The van der Waals surface area contributed by atoms with E-state index in [1.807, 2.05) is 0 Å². The van der Waals surface area contributed by atoms with E-state index in [0.29, 0.717) is 0 Å². The van der Waals surface area contributed by atoms with Gasteiger partial charge in [-0.1, -0.05) is 53.7 Å². The number of benzene rings is 1. The van der Waals surface area contributed by atoms with E-state index in [2.05, 4.69) is 163 Å². The minimum Gasteiger partial charge on any atom is -0.220 e. The van der Waals surface area contributed by atoms with Gasteiger partial charge in [-0.2, -0.15) is 0 Å². The summed E-state index contributed by atoms with van der Waals surface area (Å²) in [6.45, 7) is 15.6. The lowest BCUT2D eigenvalue weighted by molar-refractivity contribution is -0.671. The average molecular weight is 547 g/mol. The topological polar surface area (TPSA) is 26.2 Å². The highest BCUT2D eigenvalue weighted by Crippen LogP contribution is 2.55. The maximum atomic E-state index is 6.48. The Morgan fingerprint density at radius 2 is 1.24 bits per heavy atom. The molecule has 0 radical (unpaired) electrons. The summed E-state index contributed by atoms with van der Waals surface area (Å²) in [4.78, 5) is 12.8. The minimum atomic E-state index is -0.787. The first kappa shape index (κ1) is 27.6. The van der Waals surface area contributed by atoms with Crippen molar-refractivity contribution in [3.8, 4) is 0 Å². The Bertz CT molecular complexity index is 1660. The van der Waals surface area contributed by atoms with Crippen LogP contribution in [0, 0.1) is 5.41 Å². The Morgan fingerprint density at radius 3 is 1.80 bits per heavy atom. The molecule has 3 aromatic rings. The number of aromatic nitrogens is 2. The van der Waals surface area contributed by atoms with Crippen molar-refractivity contribution < 1.29 is 18.9 Å². The Morgan fingerprint density at radius 1 is 0.659 bits per heavy atom. The molecule has 4 aliphatic rings. The highest BCUT2D eigenvalue weighted by atomic mass is 17.2. The maximum Gasteiger partial charge on any atom is 0.169 e. The van der Waals surface area contributed by atoms with Crippen LogP contribution in [0.5, 0.6) is 0 Å². The smallest absolute Gasteiger partial charge is 0.169 e. The summed E-state index contributed by atoms with van der Waals surface area (Å²) < 4.78 is 4.15. The molecule has 210 valence electrons. The Kier molecular flexibility index (Phi) is 6.19. The van der Waals surface area contributed by atoms with Crippen LogP contribution in [0.2, 0.25) is 0 Å². The molecule has 7 rings (SSSR count). The van der Waals surface area contributed by atoms with Crippen molar-refractivity contribution in [2.45, 2.75) is 65.1 Å². The van der Waals surface area contributed by atoms with Gasteiger partial charge in [0, 0.05) is 29.7 Å². The molecule has 0 amide bonds. The van der Waals surface area contributed by atoms with Gasteiger partial charge < -0.3 is 0 Å². The molecule has 2 unspecified atom stereocenters. The third-order valence-electron chi connectivity index (χ3n) is 8.92. The Labute approximate surface area is 244 Å². The van der Waals surface area contributed by atoms with E-state index in [-0.39, 0.29) is 10.8 Å². The van der Waals surface area contributed by atoms with Crippen molar-refractivity contribution in [3.63, 3.8) is 0 Å². The predicted molar refractivity (Wildman–Crippen MR) is 164 cm³/mol. The van der Waals surface area contributed by atoms with Gasteiger partial charge in [-0.05, 0) is 92.8 Å². The fourth-order valence-electron chi connectivity index (χ4n) is 5.94. The van der Waals surface area contributed by atoms with E-state index < -0.39 is 11.2 Å². The molecule has 0 saturated carbocycles. The fourth-order valence-corrected chi connectivity index (χ4v) is 5.94. The van der Waals surface area contributed by atoms with Crippen LogP contribution < -0.4 is 9.13 Å². The highest BCUT2D eigenvalue weighted by molar-refractivity contribution is 5.96. The van der Waals surface area contributed by atoms with E-state index in [4.69, 9.17) is 9.78 Å². The van der Waals surface area contributed by atoms with Crippen LogP contribution in [0.4, 0.5) is 0 Å². The molecule has 0 spiro atoms. The quantitative estimate of drug-likeness (QED) is 0.256. The van der Waals surface area contributed by atoms with Crippen molar-refractivity contribution in [1.82, 2.24) is 0 Å². The van der Waals surface area contributed by atoms with Crippen LogP contribution in [-0.4, -0.2) is 11.2 Å². The van der Waals surface area contributed by atoms with E-state index in [1.165, 1.54) is 27.8 Å². The summed E-state index contributed by atoms with van der Waals surface area (Å²) in [5.41, 5.74) is 8.79. The molecule has 0 saturated heterocycles. The van der Waals surface area contributed by atoms with Gasteiger partial charge in [0.1, 0.15) is 19.7 Å². The molecule has 1 aromatic carbocycles. The van der Waals surface area contributed by atoms with Crippen LogP contribution in [0.25, 0.3) is 17.2 Å². The van der Waals surface area contributed by atoms with Gasteiger partial charge in [0.15, 0.2) is 30.4 Å². The standard InChI is InChI=1S/C37H42N2O2/c1-34(2,3)29-19-25-18-28(21-29)31(26-10-14-38(8)15-11-26)22-30-23-37(35(4,5)6)24-33(36(30,7)40-41-37)32(20-25)27-12-16-39(9)17-13-27/h10-24H,1-9H3/q+2/b31-22-,32-20-.